The highest BCUT2D eigenvalue weighted by Crippen LogP contribution is 2.30. The summed E-state index contributed by atoms with van der Waals surface area (Å²) in [6.07, 6.45) is 7.20. The first-order chi connectivity index (χ1) is 15.7. The minimum Gasteiger partial charge on any atom is -0.489 e. The maximum Gasteiger partial charge on any atom is 0.249 e. The predicted octanol–water partition coefficient (Wildman–Crippen LogP) is 3.77. The largest absolute Gasteiger partial charge is 0.489 e. The second-order valence-corrected chi connectivity index (χ2v) is 7.68. The number of rotatable bonds is 7. The number of pyridine rings is 2. The molecule has 0 radical (unpaired) electrons. The van der Waals surface area contributed by atoms with Crippen LogP contribution in [0, 0.1) is 5.92 Å². The summed E-state index contributed by atoms with van der Waals surface area (Å²) in [5.41, 5.74) is 4.40. The number of hydrogen-bond acceptors (Lipinski definition) is 6. The van der Waals surface area contributed by atoms with Gasteiger partial charge in [0.2, 0.25) is 11.9 Å². The molecule has 1 fully saturated rings. The van der Waals surface area contributed by atoms with Crippen molar-refractivity contribution in [2.45, 2.75) is 19.4 Å². The molecule has 1 aliphatic carbocycles. The third-order valence-corrected chi connectivity index (χ3v) is 5.23. The Kier molecular flexibility index (Phi) is 5.33. The van der Waals surface area contributed by atoms with Crippen LogP contribution in [0.3, 0.4) is 0 Å². The summed E-state index contributed by atoms with van der Waals surface area (Å²) >= 11 is 0. The van der Waals surface area contributed by atoms with Gasteiger partial charge >= 0.3 is 0 Å². The highest BCUT2D eigenvalue weighted by Gasteiger charge is 2.30. The topological polar surface area (TPSA) is 93.8 Å². The van der Waals surface area contributed by atoms with E-state index in [4.69, 9.17) is 4.74 Å². The number of carbonyl (C=O) groups is 1. The van der Waals surface area contributed by atoms with Crippen molar-refractivity contribution in [2.24, 2.45) is 10.9 Å². The van der Waals surface area contributed by atoms with Gasteiger partial charge < -0.3 is 4.74 Å². The van der Waals surface area contributed by atoms with Crippen molar-refractivity contribution >= 4 is 23.7 Å². The SMILES string of the molecule is CN=Cc1ccc(COc2ccc(-c3cccn4nc(NC(=O)C5CC5)nc34)cc2)cn1. The molecule has 0 atom stereocenters. The van der Waals surface area contributed by atoms with E-state index in [-0.39, 0.29) is 11.8 Å². The van der Waals surface area contributed by atoms with Crippen LogP contribution < -0.4 is 10.1 Å². The maximum absolute atomic E-state index is 12.0. The lowest BCUT2D eigenvalue weighted by Crippen LogP contribution is -2.14. The van der Waals surface area contributed by atoms with Crippen LogP contribution in [-0.4, -0.2) is 38.8 Å². The van der Waals surface area contributed by atoms with Gasteiger partial charge in [0, 0.05) is 42.7 Å². The average molecular weight is 426 g/mol. The first kappa shape index (κ1) is 19.9. The van der Waals surface area contributed by atoms with E-state index in [1.165, 1.54) is 0 Å². The number of ether oxygens (including phenoxy) is 1. The third-order valence-electron chi connectivity index (χ3n) is 5.23. The highest BCUT2D eigenvalue weighted by atomic mass is 16.5. The van der Waals surface area contributed by atoms with E-state index in [0.29, 0.717) is 18.2 Å². The molecule has 0 aliphatic heterocycles. The van der Waals surface area contributed by atoms with Crippen molar-refractivity contribution in [1.82, 2.24) is 19.6 Å². The number of hydrogen-bond donors (Lipinski definition) is 1. The first-order valence-electron chi connectivity index (χ1n) is 10.5. The average Bonchev–Trinajstić information content (AvgIpc) is 3.59. The first-order valence-corrected chi connectivity index (χ1v) is 10.5. The van der Waals surface area contributed by atoms with Crippen molar-refractivity contribution in [1.29, 1.82) is 0 Å². The zero-order valence-electron chi connectivity index (χ0n) is 17.6. The molecule has 1 N–H and O–H groups in total. The van der Waals surface area contributed by atoms with E-state index in [2.05, 4.69) is 25.4 Å². The highest BCUT2D eigenvalue weighted by molar-refractivity contribution is 5.93. The van der Waals surface area contributed by atoms with Gasteiger partial charge in [-0.1, -0.05) is 18.2 Å². The lowest BCUT2D eigenvalue weighted by molar-refractivity contribution is -0.117. The number of nitrogens with zero attached hydrogens (tertiary/aromatic N) is 5. The Morgan fingerprint density at radius 1 is 1.22 bits per heavy atom. The van der Waals surface area contributed by atoms with Crippen LogP contribution >= 0.6 is 0 Å². The molecular formula is C24H22N6O2. The van der Waals surface area contributed by atoms with E-state index in [9.17, 15) is 4.79 Å². The lowest BCUT2D eigenvalue weighted by atomic mass is 10.1. The molecule has 160 valence electrons. The Bertz CT molecular complexity index is 1270. The molecule has 3 heterocycles. The fourth-order valence-electron chi connectivity index (χ4n) is 3.37. The van der Waals surface area contributed by atoms with E-state index < -0.39 is 0 Å². The number of nitrogens with one attached hydrogen (secondary N) is 1. The van der Waals surface area contributed by atoms with Crippen molar-refractivity contribution in [2.75, 3.05) is 12.4 Å². The molecule has 0 spiro atoms. The van der Waals surface area contributed by atoms with Crippen molar-refractivity contribution in [3.05, 3.63) is 72.2 Å². The molecule has 1 aromatic carbocycles. The van der Waals surface area contributed by atoms with Gasteiger partial charge in [0.25, 0.3) is 0 Å². The zero-order chi connectivity index (χ0) is 21.9. The second-order valence-electron chi connectivity index (χ2n) is 7.68. The molecule has 1 amide bonds. The molecule has 5 rings (SSSR count). The summed E-state index contributed by atoms with van der Waals surface area (Å²) in [4.78, 5) is 24.8. The number of aromatic nitrogens is 4. The molecule has 8 heteroatoms. The van der Waals surface area contributed by atoms with E-state index >= 15 is 0 Å². The predicted molar refractivity (Wildman–Crippen MR) is 122 cm³/mol. The third kappa shape index (κ3) is 4.34. The van der Waals surface area contributed by atoms with Gasteiger partial charge in [0.1, 0.15) is 12.4 Å². The molecule has 8 nitrogen and oxygen atoms in total. The van der Waals surface area contributed by atoms with Crippen molar-refractivity contribution in [3.63, 3.8) is 0 Å². The van der Waals surface area contributed by atoms with Crippen LogP contribution in [-0.2, 0) is 11.4 Å². The molecule has 4 aromatic rings. The van der Waals surface area contributed by atoms with Gasteiger partial charge in [-0.15, -0.1) is 5.10 Å². The summed E-state index contributed by atoms with van der Waals surface area (Å²) in [6, 6.07) is 15.6. The van der Waals surface area contributed by atoms with Crippen LogP contribution in [0.1, 0.15) is 24.1 Å². The number of carbonyl (C=O) groups excluding carboxylic acids is 1. The van der Waals surface area contributed by atoms with E-state index in [1.807, 2.05) is 54.7 Å². The Labute approximate surface area is 185 Å². The van der Waals surface area contributed by atoms with Gasteiger partial charge in [-0.05, 0) is 48.7 Å². The fourth-order valence-corrected chi connectivity index (χ4v) is 3.37. The summed E-state index contributed by atoms with van der Waals surface area (Å²) in [6.45, 7) is 0.430. The number of anilines is 1. The Balaban J connectivity index is 1.29. The van der Waals surface area contributed by atoms with Crippen LogP contribution in [0.2, 0.25) is 0 Å². The number of fused-ring (bicyclic) bond motifs is 1. The van der Waals surface area contributed by atoms with Crippen LogP contribution in [0.4, 0.5) is 5.95 Å². The van der Waals surface area contributed by atoms with Gasteiger partial charge in [-0.25, -0.2) is 4.52 Å². The normalized spacial score (nSPS) is 13.5. The number of aliphatic imine (C=N–C) groups is 1. The quantitative estimate of drug-likeness (QED) is 0.454. The van der Waals surface area contributed by atoms with Gasteiger partial charge in [0.15, 0.2) is 5.65 Å². The van der Waals surface area contributed by atoms with Crippen molar-refractivity contribution in [3.8, 4) is 16.9 Å². The number of benzene rings is 1. The van der Waals surface area contributed by atoms with Crippen molar-refractivity contribution < 1.29 is 9.53 Å². The summed E-state index contributed by atoms with van der Waals surface area (Å²) in [7, 11) is 1.72. The van der Waals surface area contributed by atoms with Gasteiger partial charge in [0.05, 0.1) is 5.69 Å². The smallest absolute Gasteiger partial charge is 0.249 e. The molecule has 32 heavy (non-hydrogen) atoms. The number of amides is 1. The van der Waals surface area contributed by atoms with E-state index in [0.717, 1.165) is 41.0 Å². The fraction of sp³-hybridized carbons (Fsp3) is 0.208. The Hall–Kier alpha value is -4.07. The Morgan fingerprint density at radius 3 is 2.78 bits per heavy atom. The van der Waals surface area contributed by atoms with Crippen LogP contribution in [0.5, 0.6) is 5.75 Å². The standard InChI is InChI=1S/C24H22N6O2/c1-25-14-19-9-4-16(13-26-19)15-32-20-10-7-17(8-11-20)21-3-2-12-30-22(21)27-24(29-30)28-23(31)18-5-6-18/h2-4,7-14,18H,5-6,15H2,1H3,(H,28,29,31). The molecule has 1 saturated carbocycles. The van der Waals surface area contributed by atoms with Crippen LogP contribution in [0.15, 0.2) is 65.9 Å². The molecular weight excluding hydrogens is 404 g/mol. The zero-order valence-corrected chi connectivity index (χ0v) is 17.6. The minimum atomic E-state index is -0.00714. The van der Waals surface area contributed by atoms with Gasteiger partial charge in [-0.3, -0.25) is 20.1 Å². The lowest BCUT2D eigenvalue weighted by Gasteiger charge is -2.08. The Morgan fingerprint density at radius 2 is 2.06 bits per heavy atom. The molecule has 3 aromatic heterocycles. The maximum atomic E-state index is 12.0. The van der Waals surface area contributed by atoms with Crippen LogP contribution in [0.25, 0.3) is 16.8 Å². The summed E-state index contributed by atoms with van der Waals surface area (Å²) < 4.78 is 7.57. The molecule has 0 bridgehead atoms. The van der Waals surface area contributed by atoms with Gasteiger partial charge in [-0.2, -0.15) is 4.98 Å². The monoisotopic (exact) mass is 426 g/mol. The van der Waals surface area contributed by atoms with E-state index in [1.54, 1.807) is 24.0 Å². The second kappa shape index (κ2) is 8.58. The summed E-state index contributed by atoms with van der Waals surface area (Å²) in [5.74, 6) is 1.19. The summed E-state index contributed by atoms with van der Waals surface area (Å²) in [5, 5.41) is 7.19. The minimum absolute atomic E-state index is 0.00714. The molecule has 0 unspecified atom stereocenters. The molecule has 0 saturated heterocycles. The molecule has 1 aliphatic rings.